The molecule has 0 saturated carbocycles. The number of nitriles is 2. The maximum Gasteiger partial charge on any atom is 0.181 e. The number of benzene rings is 3. The van der Waals surface area contributed by atoms with Crippen LogP contribution in [-0.2, 0) is 0 Å². The normalized spacial score (nSPS) is 8.96. The molecule has 0 saturated heterocycles. The first-order valence-corrected chi connectivity index (χ1v) is 8.86. The van der Waals surface area contributed by atoms with Gasteiger partial charge in [-0.2, -0.15) is 10.5 Å². The summed E-state index contributed by atoms with van der Waals surface area (Å²) in [5, 5.41) is 18.8. The molecule has 0 bridgehead atoms. The Morgan fingerprint density at radius 3 is 1.44 bits per heavy atom. The molecular weight excluding hydrogens is 391 g/mol. The zero-order valence-electron chi connectivity index (χ0n) is 13.8. The van der Waals surface area contributed by atoms with Crippen molar-refractivity contribution in [2.75, 3.05) is 0 Å². The van der Waals surface area contributed by atoms with Crippen LogP contribution in [0.3, 0.4) is 0 Å². The number of halogens is 1. The zero-order valence-corrected chi connectivity index (χ0v) is 16.4. The van der Waals surface area contributed by atoms with Gasteiger partial charge in [0.1, 0.15) is 0 Å². The average Bonchev–Trinajstić information content (AvgIpc) is 2.65. The Kier molecular flexibility index (Phi) is 9.20. The van der Waals surface area contributed by atoms with Crippen LogP contribution in [0.2, 0.25) is 0 Å². The molecule has 0 N–H and O–H groups in total. The van der Waals surface area contributed by atoms with E-state index >= 15 is 0 Å². The van der Waals surface area contributed by atoms with Crippen molar-refractivity contribution in [3.8, 4) is 12.1 Å². The van der Waals surface area contributed by atoms with Gasteiger partial charge in [-0.05, 0) is 36.3 Å². The van der Waals surface area contributed by atoms with Crippen LogP contribution in [0.25, 0.3) is 0 Å². The fourth-order valence-corrected chi connectivity index (χ4v) is 4.85. The highest BCUT2D eigenvalue weighted by atomic mass is 79.9. The molecule has 25 heavy (non-hydrogen) atoms. The molecule has 0 aliphatic rings. The van der Waals surface area contributed by atoms with Crippen molar-refractivity contribution in [2.45, 2.75) is 6.92 Å². The molecule has 4 heteroatoms. The third-order valence-electron chi connectivity index (χ3n) is 3.44. The topological polar surface area (TPSA) is 47.6 Å². The predicted octanol–water partition coefficient (Wildman–Crippen LogP) is 4.36. The minimum Gasteiger partial charge on any atom is -0.181 e. The second-order valence-electron chi connectivity index (χ2n) is 5.02. The van der Waals surface area contributed by atoms with Gasteiger partial charge in [0.05, 0.1) is 0 Å². The second kappa shape index (κ2) is 11.2. The summed E-state index contributed by atoms with van der Waals surface area (Å²) >= 11 is 0. The lowest BCUT2D eigenvalue weighted by Gasteiger charge is -2.21. The van der Waals surface area contributed by atoms with Gasteiger partial charge >= 0.3 is 0 Å². The van der Waals surface area contributed by atoms with Crippen molar-refractivity contribution in [1.29, 1.82) is 10.5 Å². The summed E-state index contributed by atoms with van der Waals surface area (Å²) in [5.41, 5.74) is 1.37. The highest BCUT2D eigenvalue weighted by Gasteiger charge is 2.17. The van der Waals surface area contributed by atoms with Gasteiger partial charge in [0.15, 0.2) is 12.1 Å². The fraction of sp³-hybridized carbons (Fsp3) is 0.0476. The van der Waals surface area contributed by atoms with Crippen LogP contribution in [0.4, 0.5) is 0 Å². The summed E-state index contributed by atoms with van der Waals surface area (Å²) in [7, 11) is -0.467. The van der Waals surface area contributed by atoms with Crippen LogP contribution < -0.4 is 15.9 Å². The molecule has 2 nitrogen and oxygen atoms in total. The maximum absolute atomic E-state index is 7.26. The third kappa shape index (κ3) is 5.84. The van der Waals surface area contributed by atoms with Gasteiger partial charge in [-0.3, -0.25) is 0 Å². The van der Waals surface area contributed by atoms with E-state index in [0.717, 1.165) is 0 Å². The first kappa shape index (κ1) is 20.6. The van der Waals surface area contributed by atoms with Gasteiger partial charge in [-0.1, -0.05) is 84.9 Å². The number of hydrogen-bond acceptors (Lipinski definition) is 2. The maximum atomic E-state index is 7.26. The summed E-state index contributed by atoms with van der Waals surface area (Å²) in [5.74, 6) is 0. The minimum absolute atomic E-state index is 0. The lowest BCUT2D eigenvalue weighted by atomic mass is 10.2. The van der Waals surface area contributed by atoms with E-state index in [1.54, 1.807) is 0 Å². The van der Waals surface area contributed by atoms with Gasteiger partial charge in [-0.15, -0.1) is 17.0 Å². The smallest absolute Gasteiger partial charge is 0.181 e. The molecule has 0 radical (unpaired) electrons. The van der Waals surface area contributed by atoms with E-state index in [4.69, 9.17) is 10.5 Å². The van der Waals surface area contributed by atoms with Crippen molar-refractivity contribution in [3.63, 3.8) is 0 Å². The first-order valence-electron chi connectivity index (χ1n) is 7.52. The SMILES string of the molecule is Br.Cc1ccccc1P(c1ccccc1)c1ccccc1.N#CC#N. The monoisotopic (exact) mass is 408 g/mol. The van der Waals surface area contributed by atoms with Crippen molar-refractivity contribution >= 4 is 40.8 Å². The van der Waals surface area contributed by atoms with Crippen molar-refractivity contribution in [1.82, 2.24) is 0 Å². The van der Waals surface area contributed by atoms with Gasteiger partial charge in [0, 0.05) is 0 Å². The van der Waals surface area contributed by atoms with Gasteiger partial charge in [0.2, 0.25) is 0 Å². The van der Waals surface area contributed by atoms with Crippen molar-refractivity contribution < 1.29 is 0 Å². The molecule has 0 amide bonds. The molecule has 0 atom stereocenters. The van der Waals surface area contributed by atoms with E-state index in [9.17, 15) is 0 Å². The number of hydrogen-bond donors (Lipinski definition) is 0. The van der Waals surface area contributed by atoms with Crippen LogP contribution in [0, 0.1) is 29.6 Å². The molecule has 3 aromatic rings. The van der Waals surface area contributed by atoms with E-state index in [2.05, 4.69) is 91.9 Å². The standard InChI is InChI=1S/C19H17P.C2N2.BrH/c1-16-10-8-9-15-19(16)20(17-11-4-2-5-12-17)18-13-6-3-7-14-18;3-1-2-4;/h2-15H,1H3;;1H. The Labute approximate surface area is 160 Å². The Balaban J connectivity index is 0.000000568. The fourth-order valence-electron chi connectivity index (χ4n) is 2.40. The summed E-state index contributed by atoms with van der Waals surface area (Å²) in [6.07, 6.45) is 0. The van der Waals surface area contributed by atoms with Gasteiger partial charge in [-0.25, -0.2) is 0 Å². The van der Waals surface area contributed by atoms with E-state index in [1.807, 2.05) is 0 Å². The van der Waals surface area contributed by atoms with Crippen LogP contribution in [0.1, 0.15) is 5.56 Å². The Bertz CT molecular complexity index is 801. The predicted molar refractivity (Wildman–Crippen MR) is 111 cm³/mol. The molecule has 0 fully saturated rings. The molecule has 0 heterocycles. The molecule has 3 rings (SSSR count). The van der Waals surface area contributed by atoms with E-state index in [-0.39, 0.29) is 17.0 Å². The summed E-state index contributed by atoms with van der Waals surface area (Å²) in [6.45, 7) is 2.20. The lowest BCUT2D eigenvalue weighted by Crippen LogP contribution is -2.22. The molecule has 0 aliphatic heterocycles. The van der Waals surface area contributed by atoms with Crippen LogP contribution in [-0.4, -0.2) is 0 Å². The molecule has 124 valence electrons. The summed E-state index contributed by atoms with van der Waals surface area (Å²) < 4.78 is 0. The van der Waals surface area contributed by atoms with Crippen molar-refractivity contribution in [2.24, 2.45) is 0 Å². The Morgan fingerprint density at radius 1 is 0.640 bits per heavy atom. The molecular formula is C21H18BrN2P. The zero-order chi connectivity index (χ0) is 17.2. The second-order valence-corrected chi connectivity index (χ2v) is 7.20. The van der Waals surface area contributed by atoms with Crippen LogP contribution in [0.15, 0.2) is 84.9 Å². The number of aryl methyl sites for hydroxylation is 1. The number of rotatable bonds is 3. The largest absolute Gasteiger partial charge is 0.181 e. The Morgan fingerprint density at radius 2 is 1.04 bits per heavy atom. The highest BCUT2D eigenvalue weighted by molar-refractivity contribution is 8.93. The van der Waals surface area contributed by atoms with Crippen molar-refractivity contribution in [3.05, 3.63) is 90.5 Å². The average molecular weight is 409 g/mol. The Hall–Kier alpha value is -2.45. The van der Waals surface area contributed by atoms with Crippen LogP contribution >= 0.6 is 24.9 Å². The molecule has 3 aromatic carbocycles. The van der Waals surface area contributed by atoms with E-state index < -0.39 is 7.92 Å². The van der Waals surface area contributed by atoms with Gasteiger partial charge in [0.25, 0.3) is 0 Å². The molecule has 0 aromatic heterocycles. The molecule has 0 aliphatic carbocycles. The summed E-state index contributed by atoms with van der Waals surface area (Å²) in [6, 6.07) is 32.9. The molecule has 0 spiro atoms. The lowest BCUT2D eigenvalue weighted by molar-refractivity contribution is 1.49. The first-order chi connectivity index (χ1) is 11.8. The third-order valence-corrected chi connectivity index (χ3v) is 6.05. The quantitative estimate of drug-likeness (QED) is 0.604. The van der Waals surface area contributed by atoms with E-state index in [0.29, 0.717) is 0 Å². The van der Waals surface area contributed by atoms with E-state index in [1.165, 1.54) is 33.6 Å². The minimum atomic E-state index is -0.467. The summed E-state index contributed by atoms with van der Waals surface area (Å²) in [4.78, 5) is 0. The van der Waals surface area contributed by atoms with Gasteiger partial charge < -0.3 is 0 Å². The molecule has 0 unspecified atom stereocenters. The van der Waals surface area contributed by atoms with Crippen LogP contribution in [0.5, 0.6) is 0 Å². The highest BCUT2D eigenvalue weighted by Crippen LogP contribution is 2.33. The number of nitrogens with zero attached hydrogens (tertiary/aromatic N) is 2.